The molecule has 0 aromatic rings. The maximum Gasteiger partial charge on any atom is 0.0433 e. The highest BCUT2D eigenvalue weighted by molar-refractivity contribution is 4.16. The molecular weight excluding hydrogens is 192 g/mol. The van der Waals surface area contributed by atoms with E-state index in [1.54, 1.807) is 21.3 Å². The first kappa shape index (κ1) is 24.2. The van der Waals surface area contributed by atoms with E-state index < -0.39 is 0 Å². The molecule has 0 saturated carbocycles. The average Bonchev–Trinajstić information content (AvgIpc) is 2.30. The van der Waals surface area contributed by atoms with Crippen molar-refractivity contribution in [2.75, 3.05) is 55.1 Å². The highest BCUT2D eigenvalue weighted by Gasteiger charge is 1.51. The van der Waals surface area contributed by atoms with Crippen LogP contribution in [0.1, 0.15) is 20.8 Å². The monoisotopic (exact) mass is 224 g/mol. The second kappa shape index (κ2) is 48.8. The fourth-order valence-corrected chi connectivity index (χ4v) is 0. The van der Waals surface area contributed by atoms with Gasteiger partial charge in [-0.15, -0.1) is 0 Å². The smallest absolute Gasteiger partial charge is 0.0433 e. The van der Waals surface area contributed by atoms with Crippen LogP contribution in [0.2, 0.25) is 0 Å². The van der Waals surface area contributed by atoms with Gasteiger partial charge in [-0.2, -0.15) is 0 Å². The molecule has 0 rings (SSSR count). The Hall–Kier alpha value is -0.160. The molecule has 0 aliphatic rings. The first-order valence-corrected chi connectivity index (χ1v) is 5.34. The van der Waals surface area contributed by atoms with Gasteiger partial charge < -0.3 is 20.1 Å². The number of hydrogen-bond donors (Lipinski definition) is 2. The summed E-state index contributed by atoms with van der Waals surface area (Å²) in [5.74, 6) is 0. The predicted octanol–water partition coefficient (Wildman–Crippen LogP) is 1.37. The van der Waals surface area contributed by atoms with Gasteiger partial charge in [0.2, 0.25) is 0 Å². The van der Waals surface area contributed by atoms with E-state index in [0.29, 0.717) is 0 Å². The summed E-state index contributed by atoms with van der Waals surface area (Å²) in [7, 11) is 8.79. The summed E-state index contributed by atoms with van der Waals surface area (Å²) >= 11 is 0. The molecule has 15 heavy (non-hydrogen) atoms. The SMILES string of the molecule is CCNC.CCNC.CCOC.COC. The summed E-state index contributed by atoms with van der Waals surface area (Å²) in [5, 5.41) is 5.86. The highest BCUT2D eigenvalue weighted by atomic mass is 16.5. The van der Waals surface area contributed by atoms with Crippen LogP contribution in [0.3, 0.4) is 0 Å². The molecule has 0 heterocycles. The molecule has 0 spiro atoms. The van der Waals surface area contributed by atoms with E-state index in [0.717, 1.165) is 19.7 Å². The van der Waals surface area contributed by atoms with E-state index in [4.69, 9.17) is 0 Å². The summed E-state index contributed by atoms with van der Waals surface area (Å²) in [4.78, 5) is 0. The van der Waals surface area contributed by atoms with Crippen molar-refractivity contribution in [1.82, 2.24) is 10.6 Å². The van der Waals surface area contributed by atoms with Gasteiger partial charge in [0.25, 0.3) is 0 Å². The Labute approximate surface area is 96.7 Å². The van der Waals surface area contributed by atoms with Gasteiger partial charge in [0.15, 0.2) is 0 Å². The van der Waals surface area contributed by atoms with Crippen LogP contribution in [-0.4, -0.2) is 55.1 Å². The third-order valence-electron chi connectivity index (χ3n) is 0.996. The fraction of sp³-hybridized carbons (Fsp3) is 1.00. The van der Waals surface area contributed by atoms with Crippen molar-refractivity contribution in [3.05, 3.63) is 0 Å². The van der Waals surface area contributed by atoms with E-state index in [-0.39, 0.29) is 0 Å². The zero-order valence-corrected chi connectivity index (χ0v) is 11.9. The minimum atomic E-state index is 0.819. The molecule has 0 aliphatic carbocycles. The topological polar surface area (TPSA) is 42.5 Å². The van der Waals surface area contributed by atoms with Gasteiger partial charge in [0, 0.05) is 27.9 Å². The number of rotatable bonds is 3. The molecule has 0 aromatic heterocycles. The van der Waals surface area contributed by atoms with E-state index >= 15 is 0 Å². The van der Waals surface area contributed by atoms with Crippen LogP contribution in [0.4, 0.5) is 0 Å². The lowest BCUT2D eigenvalue weighted by molar-refractivity contribution is 0.215. The maximum absolute atomic E-state index is 4.54. The molecule has 0 aliphatic heterocycles. The number of ether oxygens (including phenoxy) is 2. The molecule has 0 aromatic carbocycles. The summed E-state index contributed by atoms with van der Waals surface area (Å²) < 4.78 is 8.79. The Morgan fingerprint density at radius 1 is 0.800 bits per heavy atom. The first-order chi connectivity index (χ1) is 7.16. The minimum Gasteiger partial charge on any atom is -0.388 e. The zero-order chi connectivity index (χ0) is 12.9. The Kier molecular flexibility index (Phi) is 78.7. The predicted molar refractivity (Wildman–Crippen MR) is 69.7 cm³/mol. The molecule has 0 radical (unpaired) electrons. The molecule has 0 unspecified atom stereocenters. The van der Waals surface area contributed by atoms with Crippen LogP contribution in [0.15, 0.2) is 0 Å². The molecule has 0 fully saturated rings. The van der Waals surface area contributed by atoms with E-state index in [1.807, 2.05) is 21.0 Å². The lowest BCUT2D eigenvalue weighted by atomic mass is 10.8. The molecule has 4 nitrogen and oxygen atoms in total. The first-order valence-electron chi connectivity index (χ1n) is 5.34. The summed E-state index contributed by atoms with van der Waals surface area (Å²) in [6, 6.07) is 0. The molecule has 2 N–H and O–H groups in total. The molecule has 0 bridgehead atoms. The molecule has 0 saturated heterocycles. The molecule has 0 amide bonds. The lowest BCUT2D eigenvalue weighted by Crippen LogP contribution is -2.01. The maximum atomic E-state index is 4.54. The largest absolute Gasteiger partial charge is 0.388 e. The van der Waals surface area contributed by atoms with Crippen molar-refractivity contribution in [3.63, 3.8) is 0 Å². The standard InChI is InChI=1S/2C3H9N.C3H8O.C2H6O/c3*1-3-4-2;1-3-2/h2*4H,3H2,1-2H3;3H2,1-2H3;1-2H3. The Morgan fingerprint density at radius 2 is 0.933 bits per heavy atom. The molecular formula is C11H32N2O2. The van der Waals surface area contributed by atoms with E-state index in [1.165, 1.54) is 0 Å². The molecule has 0 atom stereocenters. The zero-order valence-electron chi connectivity index (χ0n) is 11.9. The normalized spacial score (nSPS) is 7.20. The quantitative estimate of drug-likeness (QED) is 0.760. The summed E-state index contributed by atoms with van der Waals surface area (Å²) in [6.45, 7) is 9.06. The van der Waals surface area contributed by atoms with Crippen molar-refractivity contribution in [3.8, 4) is 0 Å². The summed E-state index contributed by atoms with van der Waals surface area (Å²) in [6.07, 6.45) is 0. The van der Waals surface area contributed by atoms with E-state index in [9.17, 15) is 0 Å². The van der Waals surface area contributed by atoms with Crippen molar-refractivity contribution in [2.45, 2.75) is 20.8 Å². The molecule has 98 valence electrons. The highest BCUT2D eigenvalue weighted by Crippen LogP contribution is 1.52. The van der Waals surface area contributed by atoms with Crippen LogP contribution in [0.5, 0.6) is 0 Å². The van der Waals surface area contributed by atoms with Crippen molar-refractivity contribution < 1.29 is 9.47 Å². The van der Waals surface area contributed by atoms with Crippen molar-refractivity contribution in [2.24, 2.45) is 0 Å². The second-order valence-corrected chi connectivity index (χ2v) is 2.40. The molecule has 4 heteroatoms. The number of methoxy groups -OCH3 is 2. The number of nitrogens with one attached hydrogen (secondary N) is 2. The third kappa shape index (κ3) is 241. The van der Waals surface area contributed by atoms with Crippen LogP contribution < -0.4 is 10.6 Å². The second-order valence-electron chi connectivity index (χ2n) is 2.40. The van der Waals surface area contributed by atoms with Gasteiger partial charge in [0.1, 0.15) is 0 Å². The van der Waals surface area contributed by atoms with Crippen LogP contribution in [0, 0.1) is 0 Å². The van der Waals surface area contributed by atoms with Crippen LogP contribution in [0.25, 0.3) is 0 Å². The fourth-order valence-electron chi connectivity index (χ4n) is 0. The Morgan fingerprint density at radius 3 is 0.933 bits per heavy atom. The van der Waals surface area contributed by atoms with Gasteiger partial charge in [-0.05, 0) is 34.1 Å². The third-order valence-corrected chi connectivity index (χ3v) is 0.996. The van der Waals surface area contributed by atoms with E-state index in [2.05, 4.69) is 34.0 Å². The van der Waals surface area contributed by atoms with Crippen molar-refractivity contribution >= 4 is 0 Å². The Bertz CT molecular complexity index is 40.3. The van der Waals surface area contributed by atoms with Crippen molar-refractivity contribution in [1.29, 1.82) is 0 Å². The Balaban J connectivity index is -0.0000000542. The van der Waals surface area contributed by atoms with Crippen LogP contribution >= 0.6 is 0 Å². The minimum absolute atomic E-state index is 0.819. The average molecular weight is 224 g/mol. The number of hydrogen-bond acceptors (Lipinski definition) is 4. The summed E-state index contributed by atoms with van der Waals surface area (Å²) in [5.41, 5.74) is 0. The van der Waals surface area contributed by atoms with Gasteiger partial charge in [-0.25, -0.2) is 0 Å². The van der Waals surface area contributed by atoms with Gasteiger partial charge in [-0.3, -0.25) is 0 Å². The van der Waals surface area contributed by atoms with Gasteiger partial charge in [-0.1, -0.05) is 13.8 Å². The van der Waals surface area contributed by atoms with Gasteiger partial charge >= 0.3 is 0 Å². The lowest BCUT2D eigenvalue weighted by Gasteiger charge is -1.76. The van der Waals surface area contributed by atoms with Gasteiger partial charge in [0.05, 0.1) is 0 Å². The van der Waals surface area contributed by atoms with Crippen LogP contribution in [-0.2, 0) is 9.47 Å².